The van der Waals surface area contributed by atoms with Gasteiger partial charge in [-0.1, -0.05) is 56.3 Å². The number of ether oxygens (including phenoxy) is 1. The van der Waals surface area contributed by atoms with E-state index in [0.29, 0.717) is 5.92 Å². The van der Waals surface area contributed by atoms with Gasteiger partial charge in [0.2, 0.25) is 0 Å². The molecule has 2 aromatic carbocycles. The minimum atomic E-state index is 0.495. The standard InChI is InChI=1S/C25H36N2O/c1-21(2)24-20-23(11-12-25(24)28-3)13-15-27-18-16-26(17-19-27)14-7-10-22-8-5-4-6-9-22/h4-6,8-9,11-12,20-21H,7,10,13-19H2,1-3H3. The third-order valence-electron chi connectivity index (χ3n) is 5.88. The number of methoxy groups -OCH3 is 1. The molecule has 3 rings (SSSR count). The lowest BCUT2D eigenvalue weighted by atomic mass is 9.98. The van der Waals surface area contributed by atoms with E-state index < -0.39 is 0 Å². The van der Waals surface area contributed by atoms with Crippen molar-refractivity contribution in [2.24, 2.45) is 0 Å². The summed E-state index contributed by atoms with van der Waals surface area (Å²) in [6.45, 7) is 11.6. The van der Waals surface area contributed by atoms with Crippen LogP contribution in [0.5, 0.6) is 5.75 Å². The van der Waals surface area contributed by atoms with Crippen LogP contribution in [-0.2, 0) is 12.8 Å². The maximum atomic E-state index is 5.51. The van der Waals surface area contributed by atoms with Crippen molar-refractivity contribution in [2.75, 3.05) is 46.4 Å². The van der Waals surface area contributed by atoms with Gasteiger partial charge in [-0.2, -0.15) is 0 Å². The highest BCUT2D eigenvalue weighted by Gasteiger charge is 2.16. The molecular weight excluding hydrogens is 344 g/mol. The molecule has 1 heterocycles. The summed E-state index contributed by atoms with van der Waals surface area (Å²) in [5.41, 5.74) is 4.21. The molecule has 0 spiro atoms. The molecule has 1 fully saturated rings. The average molecular weight is 381 g/mol. The smallest absolute Gasteiger partial charge is 0.122 e. The Morgan fingerprint density at radius 1 is 0.821 bits per heavy atom. The van der Waals surface area contributed by atoms with Crippen molar-refractivity contribution in [1.29, 1.82) is 0 Å². The average Bonchev–Trinajstić information content (AvgIpc) is 2.73. The van der Waals surface area contributed by atoms with Gasteiger partial charge in [0.25, 0.3) is 0 Å². The Kier molecular flexibility index (Phi) is 7.93. The van der Waals surface area contributed by atoms with Crippen molar-refractivity contribution in [3.05, 3.63) is 65.2 Å². The lowest BCUT2D eigenvalue weighted by Crippen LogP contribution is -2.47. The normalized spacial score (nSPS) is 15.9. The Balaban J connectivity index is 1.38. The van der Waals surface area contributed by atoms with Crippen molar-refractivity contribution < 1.29 is 4.74 Å². The SMILES string of the molecule is COc1ccc(CCN2CCN(CCCc3ccccc3)CC2)cc1C(C)C. The molecule has 0 N–H and O–H groups in total. The van der Waals surface area contributed by atoms with E-state index >= 15 is 0 Å². The van der Waals surface area contributed by atoms with Crippen molar-refractivity contribution >= 4 is 0 Å². The Bertz CT molecular complexity index is 706. The zero-order valence-corrected chi connectivity index (χ0v) is 17.9. The predicted molar refractivity (Wildman–Crippen MR) is 118 cm³/mol. The van der Waals surface area contributed by atoms with Crippen LogP contribution < -0.4 is 4.74 Å². The highest BCUT2D eigenvalue weighted by atomic mass is 16.5. The highest BCUT2D eigenvalue weighted by Crippen LogP contribution is 2.27. The van der Waals surface area contributed by atoms with E-state index in [2.05, 4.69) is 72.2 Å². The summed E-state index contributed by atoms with van der Waals surface area (Å²) in [5, 5.41) is 0. The zero-order chi connectivity index (χ0) is 19.8. The Morgan fingerprint density at radius 3 is 2.14 bits per heavy atom. The summed E-state index contributed by atoms with van der Waals surface area (Å²) in [7, 11) is 1.76. The molecule has 0 aliphatic carbocycles. The van der Waals surface area contributed by atoms with Gasteiger partial charge in [0.1, 0.15) is 5.75 Å². The molecule has 28 heavy (non-hydrogen) atoms. The van der Waals surface area contributed by atoms with E-state index in [1.54, 1.807) is 7.11 Å². The van der Waals surface area contributed by atoms with E-state index in [1.807, 2.05) is 0 Å². The molecule has 3 heteroatoms. The lowest BCUT2D eigenvalue weighted by molar-refractivity contribution is 0.132. The number of benzene rings is 2. The lowest BCUT2D eigenvalue weighted by Gasteiger charge is -2.34. The molecule has 3 nitrogen and oxygen atoms in total. The zero-order valence-electron chi connectivity index (χ0n) is 17.9. The molecule has 0 bridgehead atoms. The first-order valence-electron chi connectivity index (χ1n) is 10.8. The highest BCUT2D eigenvalue weighted by molar-refractivity contribution is 5.39. The Morgan fingerprint density at radius 2 is 1.50 bits per heavy atom. The van der Waals surface area contributed by atoms with Gasteiger partial charge in [-0.3, -0.25) is 0 Å². The molecule has 152 valence electrons. The van der Waals surface area contributed by atoms with Gasteiger partial charge >= 0.3 is 0 Å². The van der Waals surface area contributed by atoms with Crippen LogP contribution in [0, 0.1) is 0 Å². The van der Waals surface area contributed by atoms with Crippen LogP contribution in [0.1, 0.15) is 42.9 Å². The number of piperazine rings is 1. The monoisotopic (exact) mass is 380 g/mol. The summed E-state index contributed by atoms with van der Waals surface area (Å²) in [6.07, 6.45) is 3.57. The van der Waals surface area contributed by atoms with E-state index in [1.165, 1.54) is 62.3 Å². The molecule has 1 aliphatic rings. The quantitative estimate of drug-likeness (QED) is 0.632. The summed E-state index contributed by atoms with van der Waals surface area (Å²) >= 11 is 0. The van der Waals surface area contributed by atoms with Crippen molar-refractivity contribution in [3.63, 3.8) is 0 Å². The maximum absolute atomic E-state index is 5.51. The van der Waals surface area contributed by atoms with Gasteiger partial charge in [-0.25, -0.2) is 0 Å². The van der Waals surface area contributed by atoms with Crippen LogP contribution in [0.2, 0.25) is 0 Å². The molecule has 1 aliphatic heterocycles. The Labute approximate surface area is 171 Å². The van der Waals surface area contributed by atoms with Crippen molar-refractivity contribution in [2.45, 2.75) is 39.0 Å². The van der Waals surface area contributed by atoms with Crippen molar-refractivity contribution in [3.8, 4) is 5.75 Å². The van der Waals surface area contributed by atoms with Crippen molar-refractivity contribution in [1.82, 2.24) is 9.80 Å². The van der Waals surface area contributed by atoms with Gasteiger partial charge in [0.15, 0.2) is 0 Å². The van der Waals surface area contributed by atoms with E-state index in [9.17, 15) is 0 Å². The van der Waals surface area contributed by atoms with Gasteiger partial charge in [-0.15, -0.1) is 0 Å². The third kappa shape index (κ3) is 6.08. The molecule has 0 unspecified atom stereocenters. The molecule has 2 aromatic rings. The van der Waals surface area contributed by atoms with Crippen LogP contribution in [0.15, 0.2) is 48.5 Å². The first kappa shape index (κ1) is 20.9. The first-order valence-corrected chi connectivity index (χ1v) is 10.8. The molecule has 0 aromatic heterocycles. The van der Waals surface area contributed by atoms with E-state index in [0.717, 1.165) is 18.7 Å². The van der Waals surface area contributed by atoms with Gasteiger partial charge in [0, 0.05) is 32.7 Å². The predicted octanol–water partition coefficient (Wildman–Crippen LogP) is 4.61. The molecule has 0 atom stereocenters. The fraction of sp³-hybridized carbons (Fsp3) is 0.520. The number of rotatable bonds is 9. The minimum Gasteiger partial charge on any atom is -0.496 e. The first-order chi connectivity index (χ1) is 13.7. The van der Waals surface area contributed by atoms with Gasteiger partial charge < -0.3 is 14.5 Å². The molecular formula is C25H36N2O. The van der Waals surface area contributed by atoms with E-state index in [-0.39, 0.29) is 0 Å². The number of hydrogen-bond donors (Lipinski definition) is 0. The molecule has 0 saturated carbocycles. The third-order valence-corrected chi connectivity index (χ3v) is 5.88. The Hall–Kier alpha value is -1.84. The maximum Gasteiger partial charge on any atom is 0.122 e. The topological polar surface area (TPSA) is 15.7 Å². The van der Waals surface area contributed by atoms with Crippen LogP contribution in [-0.4, -0.2) is 56.2 Å². The summed E-state index contributed by atoms with van der Waals surface area (Å²) in [4.78, 5) is 5.25. The number of nitrogens with zero attached hydrogens (tertiary/aromatic N) is 2. The fourth-order valence-corrected chi connectivity index (χ4v) is 4.07. The number of aryl methyl sites for hydroxylation is 1. The van der Waals surface area contributed by atoms with Crippen LogP contribution >= 0.6 is 0 Å². The van der Waals surface area contributed by atoms with Crippen LogP contribution in [0.4, 0.5) is 0 Å². The van der Waals surface area contributed by atoms with Gasteiger partial charge in [0.05, 0.1) is 7.11 Å². The fourth-order valence-electron chi connectivity index (χ4n) is 4.07. The number of hydrogen-bond acceptors (Lipinski definition) is 3. The molecule has 1 saturated heterocycles. The second-order valence-corrected chi connectivity index (χ2v) is 8.25. The second kappa shape index (κ2) is 10.6. The van der Waals surface area contributed by atoms with E-state index in [4.69, 9.17) is 4.74 Å². The van der Waals surface area contributed by atoms with Crippen LogP contribution in [0.3, 0.4) is 0 Å². The van der Waals surface area contributed by atoms with Gasteiger partial charge in [-0.05, 0) is 54.5 Å². The molecule has 0 amide bonds. The molecule has 0 radical (unpaired) electrons. The summed E-state index contributed by atoms with van der Waals surface area (Å²) in [6, 6.07) is 17.5. The minimum absolute atomic E-state index is 0.495. The second-order valence-electron chi connectivity index (χ2n) is 8.25. The summed E-state index contributed by atoms with van der Waals surface area (Å²) < 4.78 is 5.51. The van der Waals surface area contributed by atoms with Crippen LogP contribution in [0.25, 0.3) is 0 Å². The largest absolute Gasteiger partial charge is 0.496 e. The summed E-state index contributed by atoms with van der Waals surface area (Å²) in [5.74, 6) is 1.51.